The van der Waals surface area contributed by atoms with Crippen LogP contribution in [0.15, 0.2) is 0 Å². The average molecular weight is 198 g/mol. The maximum absolute atomic E-state index is 9.97. The maximum Gasteiger partial charge on any atom is 0.0568 e. The van der Waals surface area contributed by atoms with E-state index in [0.717, 1.165) is 25.2 Å². The van der Waals surface area contributed by atoms with Crippen molar-refractivity contribution >= 4 is 0 Å². The van der Waals surface area contributed by atoms with Crippen molar-refractivity contribution in [2.45, 2.75) is 71.3 Å². The third-order valence-corrected chi connectivity index (χ3v) is 3.94. The van der Waals surface area contributed by atoms with Crippen LogP contribution in [-0.2, 0) is 0 Å². The summed E-state index contributed by atoms with van der Waals surface area (Å²) in [6.07, 6.45) is 10.2. The number of aliphatic hydroxyl groups excluding tert-OH is 1. The Morgan fingerprint density at radius 3 is 2.21 bits per heavy atom. The molecular formula is C13H26O. The largest absolute Gasteiger partial charge is 0.393 e. The molecule has 0 aromatic rings. The van der Waals surface area contributed by atoms with Crippen molar-refractivity contribution in [1.82, 2.24) is 0 Å². The maximum atomic E-state index is 9.97. The zero-order valence-electron chi connectivity index (χ0n) is 9.84. The predicted molar refractivity (Wildman–Crippen MR) is 61.3 cm³/mol. The summed E-state index contributed by atoms with van der Waals surface area (Å²) in [6.45, 7) is 4.37. The molecule has 0 aromatic carbocycles. The van der Waals surface area contributed by atoms with E-state index in [1.165, 1.54) is 32.1 Å². The normalized spacial score (nSPS) is 20.6. The van der Waals surface area contributed by atoms with Crippen molar-refractivity contribution in [2.75, 3.05) is 0 Å². The van der Waals surface area contributed by atoms with Gasteiger partial charge in [-0.15, -0.1) is 0 Å². The van der Waals surface area contributed by atoms with E-state index in [1.807, 2.05) is 0 Å². The molecule has 1 N–H and O–H groups in total. The molecule has 84 valence electrons. The van der Waals surface area contributed by atoms with Gasteiger partial charge >= 0.3 is 0 Å². The van der Waals surface area contributed by atoms with Gasteiger partial charge in [-0.05, 0) is 24.7 Å². The SMILES string of the molecule is CCC(CC)C(O)CCC1CCCC1. The number of hydrogen-bond donors (Lipinski definition) is 1. The fourth-order valence-electron chi connectivity index (χ4n) is 2.77. The highest BCUT2D eigenvalue weighted by atomic mass is 16.3. The molecule has 0 amide bonds. The van der Waals surface area contributed by atoms with E-state index in [0.29, 0.717) is 5.92 Å². The lowest BCUT2D eigenvalue weighted by molar-refractivity contribution is 0.0874. The summed E-state index contributed by atoms with van der Waals surface area (Å²) in [7, 11) is 0. The van der Waals surface area contributed by atoms with Gasteiger partial charge in [0.2, 0.25) is 0 Å². The van der Waals surface area contributed by atoms with E-state index in [4.69, 9.17) is 0 Å². The molecule has 1 fully saturated rings. The van der Waals surface area contributed by atoms with Gasteiger partial charge in [-0.1, -0.05) is 52.4 Å². The van der Waals surface area contributed by atoms with Crippen LogP contribution in [0, 0.1) is 11.8 Å². The monoisotopic (exact) mass is 198 g/mol. The molecule has 1 atom stereocenters. The molecule has 1 unspecified atom stereocenters. The van der Waals surface area contributed by atoms with Gasteiger partial charge < -0.3 is 5.11 Å². The topological polar surface area (TPSA) is 20.2 Å². The number of rotatable bonds is 6. The number of hydrogen-bond acceptors (Lipinski definition) is 1. The van der Waals surface area contributed by atoms with Crippen LogP contribution in [0.2, 0.25) is 0 Å². The van der Waals surface area contributed by atoms with Crippen molar-refractivity contribution in [1.29, 1.82) is 0 Å². The van der Waals surface area contributed by atoms with Crippen molar-refractivity contribution in [3.8, 4) is 0 Å². The molecule has 1 rings (SSSR count). The zero-order chi connectivity index (χ0) is 10.4. The molecule has 1 aliphatic rings. The molecule has 0 aliphatic heterocycles. The van der Waals surface area contributed by atoms with Crippen LogP contribution in [0.4, 0.5) is 0 Å². The molecular weight excluding hydrogens is 172 g/mol. The molecule has 0 saturated heterocycles. The van der Waals surface area contributed by atoms with E-state index in [2.05, 4.69) is 13.8 Å². The van der Waals surface area contributed by atoms with E-state index >= 15 is 0 Å². The summed E-state index contributed by atoms with van der Waals surface area (Å²) >= 11 is 0. The van der Waals surface area contributed by atoms with Crippen LogP contribution in [0.1, 0.15) is 65.2 Å². The Bertz CT molecular complexity index is 134. The minimum absolute atomic E-state index is 0.0365. The highest BCUT2D eigenvalue weighted by Crippen LogP contribution is 2.30. The quantitative estimate of drug-likeness (QED) is 0.689. The highest BCUT2D eigenvalue weighted by molar-refractivity contribution is 4.72. The third kappa shape index (κ3) is 3.61. The van der Waals surface area contributed by atoms with Crippen molar-refractivity contribution in [2.24, 2.45) is 11.8 Å². The Labute approximate surface area is 88.9 Å². The highest BCUT2D eigenvalue weighted by Gasteiger charge is 2.19. The lowest BCUT2D eigenvalue weighted by atomic mass is 9.90. The van der Waals surface area contributed by atoms with Gasteiger partial charge in [0.15, 0.2) is 0 Å². The second-order valence-corrected chi connectivity index (χ2v) is 4.87. The molecule has 14 heavy (non-hydrogen) atoms. The lowest BCUT2D eigenvalue weighted by Gasteiger charge is -2.21. The van der Waals surface area contributed by atoms with E-state index < -0.39 is 0 Å². The molecule has 1 aliphatic carbocycles. The first-order chi connectivity index (χ1) is 6.77. The van der Waals surface area contributed by atoms with Gasteiger partial charge in [0, 0.05) is 0 Å². The van der Waals surface area contributed by atoms with Gasteiger partial charge in [0.1, 0.15) is 0 Å². The van der Waals surface area contributed by atoms with Crippen molar-refractivity contribution < 1.29 is 5.11 Å². The number of aliphatic hydroxyl groups is 1. The van der Waals surface area contributed by atoms with Gasteiger partial charge in [0.25, 0.3) is 0 Å². The fraction of sp³-hybridized carbons (Fsp3) is 1.00. The van der Waals surface area contributed by atoms with E-state index in [1.54, 1.807) is 0 Å². The summed E-state index contributed by atoms with van der Waals surface area (Å²) < 4.78 is 0. The van der Waals surface area contributed by atoms with Crippen LogP contribution < -0.4 is 0 Å². The van der Waals surface area contributed by atoms with Crippen LogP contribution in [0.3, 0.4) is 0 Å². The smallest absolute Gasteiger partial charge is 0.0568 e. The summed E-state index contributed by atoms with van der Waals surface area (Å²) in [5.74, 6) is 1.47. The van der Waals surface area contributed by atoms with Gasteiger partial charge in [-0.3, -0.25) is 0 Å². The first-order valence-corrected chi connectivity index (χ1v) is 6.46. The second-order valence-electron chi connectivity index (χ2n) is 4.87. The molecule has 0 spiro atoms. The Morgan fingerprint density at radius 1 is 1.14 bits per heavy atom. The Morgan fingerprint density at radius 2 is 1.71 bits per heavy atom. The fourth-order valence-corrected chi connectivity index (χ4v) is 2.77. The molecule has 0 bridgehead atoms. The molecule has 0 aromatic heterocycles. The van der Waals surface area contributed by atoms with Crippen molar-refractivity contribution in [3.05, 3.63) is 0 Å². The molecule has 1 nitrogen and oxygen atoms in total. The van der Waals surface area contributed by atoms with E-state index in [9.17, 15) is 5.11 Å². The molecule has 1 saturated carbocycles. The summed E-state index contributed by atoms with van der Waals surface area (Å²) in [5.41, 5.74) is 0. The molecule has 0 radical (unpaired) electrons. The zero-order valence-corrected chi connectivity index (χ0v) is 9.84. The first-order valence-electron chi connectivity index (χ1n) is 6.46. The summed E-state index contributed by atoms with van der Waals surface area (Å²) in [6, 6.07) is 0. The van der Waals surface area contributed by atoms with Crippen LogP contribution in [-0.4, -0.2) is 11.2 Å². The summed E-state index contributed by atoms with van der Waals surface area (Å²) in [5, 5.41) is 9.97. The summed E-state index contributed by atoms with van der Waals surface area (Å²) in [4.78, 5) is 0. The average Bonchev–Trinajstić information content (AvgIpc) is 2.69. The Balaban J connectivity index is 2.15. The Hall–Kier alpha value is -0.0400. The van der Waals surface area contributed by atoms with Crippen molar-refractivity contribution in [3.63, 3.8) is 0 Å². The van der Waals surface area contributed by atoms with Crippen LogP contribution >= 0.6 is 0 Å². The van der Waals surface area contributed by atoms with E-state index in [-0.39, 0.29) is 6.10 Å². The molecule has 0 heterocycles. The van der Waals surface area contributed by atoms with Crippen LogP contribution in [0.5, 0.6) is 0 Å². The minimum Gasteiger partial charge on any atom is -0.393 e. The third-order valence-electron chi connectivity index (χ3n) is 3.94. The predicted octanol–water partition coefficient (Wildman–Crippen LogP) is 3.75. The standard InChI is InChI=1S/C13H26O/c1-3-12(4-2)13(14)10-9-11-7-5-6-8-11/h11-14H,3-10H2,1-2H3. The van der Waals surface area contributed by atoms with Gasteiger partial charge in [0.05, 0.1) is 6.10 Å². The minimum atomic E-state index is -0.0365. The van der Waals surface area contributed by atoms with Gasteiger partial charge in [-0.2, -0.15) is 0 Å². The first kappa shape index (κ1) is 12.0. The second kappa shape index (κ2) is 6.44. The lowest BCUT2D eigenvalue weighted by Crippen LogP contribution is -2.19. The molecule has 1 heteroatoms. The Kier molecular flexibility index (Phi) is 5.54. The van der Waals surface area contributed by atoms with Gasteiger partial charge in [-0.25, -0.2) is 0 Å². The van der Waals surface area contributed by atoms with Crippen LogP contribution in [0.25, 0.3) is 0 Å².